The van der Waals surface area contributed by atoms with E-state index in [0.29, 0.717) is 0 Å². The fourth-order valence-electron chi connectivity index (χ4n) is 0.998. The summed E-state index contributed by atoms with van der Waals surface area (Å²) in [5, 5.41) is 3.99. The van der Waals surface area contributed by atoms with Crippen molar-refractivity contribution in [1.82, 2.24) is 5.32 Å². The first-order valence-electron chi connectivity index (χ1n) is 2.73. The summed E-state index contributed by atoms with van der Waals surface area (Å²) in [5.41, 5.74) is 2.66. The van der Waals surface area contributed by atoms with Gasteiger partial charge in [-0.15, -0.1) is 0 Å². The molecule has 0 saturated carbocycles. The predicted octanol–water partition coefficient (Wildman–Crippen LogP) is 1.33. The van der Waals surface area contributed by atoms with Crippen molar-refractivity contribution < 1.29 is 0 Å². The normalized spacial score (nSPS) is 22.0. The molecule has 0 aromatic rings. The van der Waals surface area contributed by atoms with E-state index in [0.717, 1.165) is 6.42 Å². The molecular formula is C7H6N. The van der Waals surface area contributed by atoms with Gasteiger partial charge in [0.1, 0.15) is 0 Å². The predicted molar refractivity (Wildman–Crippen MR) is 32.1 cm³/mol. The number of rotatable bonds is 0. The zero-order chi connectivity index (χ0) is 5.40. The average molecular weight is 104 g/mol. The molecule has 1 heteroatoms. The third kappa shape index (κ3) is 0.360. The molecule has 8 heavy (non-hydrogen) atoms. The maximum Gasteiger partial charge on any atom is 0.0343 e. The summed E-state index contributed by atoms with van der Waals surface area (Å²) in [7, 11) is 0. The van der Waals surface area contributed by atoms with E-state index in [-0.39, 0.29) is 0 Å². The van der Waals surface area contributed by atoms with E-state index in [2.05, 4.69) is 17.5 Å². The van der Waals surface area contributed by atoms with Crippen LogP contribution < -0.4 is 5.32 Å². The molecule has 0 aromatic heterocycles. The highest BCUT2D eigenvalue weighted by Gasteiger charge is 2.10. The minimum atomic E-state index is 1.08. The Hall–Kier alpha value is -0.980. The molecule has 0 amide bonds. The van der Waals surface area contributed by atoms with Gasteiger partial charge in [-0.3, -0.25) is 5.32 Å². The summed E-state index contributed by atoms with van der Waals surface area (Å²) in [5.74, 6) is 0. The van der Waals surface area contributed by atoms with Gasteiger partial charge in [-0.25, -0.2) is 0 Å². The topological polar surface area (TPSA) is 14.1 Å². The minimum absolute atomic E-state index is 1.08. The molecular weight excluding hydrogens is 98.1 g/mol. The van der Waals surface area contributed by atoms with Gasteiger partial charge in [-0.2, -0.15) is 0 Å². The van der Waals surface area contributed by atoms with E-state index in [9.17, 15) is 0 Å². The molecule has 0 spiro atoms. The van der Waals surface area contributed by atoms with Crippen LogP contribution in [0.1, 0.15) is 6.42 Å². The smallest absolute Gasteiger partial charge is 0.0343 e. The van der Waals surface area contributed by atoms with Gasteiger partial charge in [0.15, 0.2) is 0 Å². The van der Waals surface area contributed by atoms with Gasteiger partial charge in [-0.05, 0) is 17.6 Å². The van der Waals surface area contributed by atoms with Gasteiger partial charge in [0.2, 0.25) is 0 Å². The van der Waals surface area contributed by atoms with E-state index in [1.54, 1.807) is 0 Å². The van der Waals surface area contributed by atoms with Crippen LogP contribution in [-0.2, 0) is 0 Å². The Labute approximate surface area is 48.4 Å². The van der Waals surface area contributed by atoms with Crippen molar-refractivity contribution in [2.75, 3.05) is 0 Å². The third-order valence-corrected chi connectivity index (χ3v) is 1.45. The fraction of sp³-hybridized carbons (Fsp3) is 0.143. The van der Waals surface area contributed by atoms with E-state index in [4.69, 9.17) is 0 Å². The highest BCUT2D eigenvalue weighted by atomic mass is 14.8. The molecule has 2 aliphatic rings. The molecule has 0 bridgehead atoms. The van der Waals surface area contributed by atoms with Crippen LogP contribution in [0.25, 0.3) is 0 Å². The highest BCUT2D eigenvalue weighted by Crippen LogP contribution is 2.25. The molecule has 0 N–H and O–H groups in total. The number of fused-ring (bicyclic) bond motifs is 1. The maximum atomic E-state index is 3.99. The van der Waals surface area contributed by atoms with Gasteiger partial charge in [0.25, 0.3) is 0 Å². The van der Waals surface area contributed by atoms with Crippen molar-refractivity contribution in [3.63, 3.8) is 0 Å². The first-order valence-corrected chi connectivity index (χ1v) is 2.73. The lowest BCUT2D eigenvalue weighted by molar-refractivity contribution is 1.18. The van der Waals surface area contributed by atoms with Crippen LogP contribution in [0.15, 0.2) is 35.7 Å². The van der Waals surface area contributed by atoms with Gasteiger partial charge in [0, 0.05) is 12.4 Å². The second-order valence-corrected chi connectivity index (χ2v) is 1.99. The van der Waals surface area contributed by atoms with Crippen molar-refractivity contribution in [3.8, 4) is 0 Å². The van der Waals surface area contributed by atoms with Gasteiger partial charge < -0.3 is 0 Å². The van der Waals surface area contributed by atoms with Crippen molar-refractivity contribution >= 4 is 0 Å². The molecule has 0 unspecified atom stereocenters. The Kier molecular flexibility index (Phi) is 0.618. The van der Waals surface area contributed by atoms with E-state index >= 15 is 0 Å². The zero-order valence-corrected chi connectivity index (χ0v) is 4.46. The molecule has 1 radical (unpaired) electrons. The number of allylic oxidation sites excluding steroid dienone is 4. The maximum absolute atomic E-state index is 3.99. The number of hydrogen-bond acceptors (Lipinski definition) is 0. The lowest BCUT2D eigenvalue weighted by Crippen LogP contribution is -1.72. The van der Waals surface area contributed by atoms with Crippen LogP contribution in [0.4, 0.5) is 0 Å². The van der Waals surface area contributed by atoms with E-state index < -0.39 is 0 Å². The molecule has 1 aliphatic heterocycles. The Balaban J connectivity index is 2.48. The van der Waals surface area contributed by atoms with Gasteiger partial charge in [0.05, 0.1) is 0 Å². The van der Waals surface area contributed by atoms with Crippen LogP contribution in [0, 0.1) is 0 Å². The summed E-state index contributed by atoms with van der Waals surface area (Å²) in [4.78, 5) is 0. The highest BCUT2D eigenvalue weighted by molar-refractivity contribution is 5.48. The van der Waals surface area contributed by atoms with Gasteiger partial charge >= 0.3 is 0 Å². The lowest BCUT2D eigenvalue weighted by atomic mass is 10.2. The summed E-state index contributed by atoms with van der Waals surface area (Å²) in [6, 6.07) is 0. The zero-order valence-electron chi connectivity index (χ0n) is 4.46. The Morgan fingerprint density at radius 2 is 2.38 bits per heavy atom. The monoisotopic (exact) mass is 104 g/mol. The van der Waals surface area contributed by atoms with Crippen LogP contribution in [0.3, 0.4) is 0 Å². The largest absolute Gasteiger partial charge is 0.264 e. The third-order valence-electron chi connectivity index (χ3n) is 1.45. The minimum Gasteiger partial charge on any atom is -0.264 e. The standard InChI is InChI=1S/C7H6N/c1-2-6-4-8-5-7(6)3-1/h1-2,4-5H,3H2. The van der Waals surface area contributed by atoms with Crippen molar-refractivity contribution in [1.29, 1.82) is 0 Å². The summed E-state index contributed by atoms with van der Waals surface area (Å²) >= 11 is 0. The molecule has 0 fully saturated rings. The fourth-order valence-corrected chi connectivity index (χ4v) is 0.998. The van der Waals surface area contributed by atoms with E-state index in [1.807, 2.05) is 12.4 Å². The first kappa shape index (κ1) is 3.96. The second kappa shape index (κ2) is 1.25. The van der Waals surface area contributed by atoms with Crippen LogP contribution in [0.2, 0.25) is 0 Å². The Bertz CT molecular complexity index is 196. The Morgan fingerprint density at radius 3 is 3.25 bits per heavy atom. The summed E-state index contributed by atoms with van der Waals surface area (Å²) in [6.07, 6.45) is 9.18. The molecule has 1 aliphatic carbocycles. The van der Waals surface area contributed by atoms with Crippen LogP contribution >= 0.6 is 0 Å². The SMILES string of the molecule is C1=CC2=C[N]C=C2C1. The molecule has 2 rings (SSSR count). The summed E-state index contributed by atoms with van der Waals surface area (Å²) < 4.78 is 0. The van der Waals surface area contributed by atoms with Crippen LogP contribution in [-0.4, -0.2) is 0 Å². The average Bonchev–Trinajstić information content (AvgIpc) is 2.15. The van der Waals surface area contributed by atoms with Gasteiger partial charge in [-0.1, -0.05) is 12.2 Å². The van der Waals surface area contributed by atoms with Crippen molar-refractivity contribution in [2.24, 2.45) is 0 Å². The molecule has 1 nitrogen and oxygen atoms in total. The van der Waals surface area contributed by atoms with Crippen molar-refractivity contribution in [2.45, 2.75) is 6.42 Å². The number of nitrogens with zero attached hydrogens (tertiary/aromatic N) is 1. The quantitative estimate of drug-likeness (QED) is 0.440. The first-order chi connectivity index (χ1) is 3.97. The molecule has 1 heterocycles. The number of hydrogen-bond donors (Lipinski definition) is 0. The molecule has 0 saturated heterocycles. The second-order valence-electron chi connectivity index (χ2n) is 1.99. The molecule has 39 valence electrons. The molecule has 0 atom stereocenters. The van der Waals surface area contributed by atoms with Crippen LogP contribution in [0.5, 0.6) is 0 Å². The van der Waals surface area contributed by atoms with E-state index in [1.165, 1.54) is 11.1 Å². The molecule has 0 aromatic carbocycles. The lowest BCUT2D eigenvalue weighted by Gasteiger charge is -1.84. The van der Waals surface area contributed by atoms with Crippen molar-refractivity contribution in [3.05, 3.63) is 35.7 Å². The summed E-state index contributed by atoms with van der Waals surface area (Å²) in [6.45, 7) is 0. The Morgan fingerprint density at radius 1 is 1.38 bits per heavy atom.